The van der Waals surface area contributed by atoms with Crippen molar-refractivity contribution in [3.63, 3.8) is 0 Å². The van der Waals surface area contributed by atoms with Crippen LogP contribution in [0.15, 0.2) is 10.7 Å². The molecule has 0 fully saturated rings. The fourth-order valence-corrected chi connectivity index (χ4v) is 1.75. The van der Waals surface area contributed by atoms with Crippen LogP contribution in [0.2, 0.25) is 0 Å². The van der Waals surface area contributed by atoms with Gasteiger partial charge in [-0.15, -0.1) is 0 Å². The van der Waals surface area contributed by atoms with Crippen LogP contribution in [0.25, 0.3) is 0 Å². The highest BCUT2D eigenvalue weighted by Crippen LogP contribution is 2.21. The lowest BCUT2D eigenvalue weighted by Crippen LogP contribution is -2.29. The average molecular weight is 286 g/mol. The van der Waals surface area contributed by atoms with Crippen LogP contribution in [0.3, 0.4) is 0 Å². The smallest absolute Gasteiger partial charge is 0.134 e. The van der Waals surface area contributed by atoms with E-state index in [0.29, 0.717) is 12.0 Å². The van der Waals surface area contributed by atoms with Crippen molar-refractivity contribution in [2.75, 3.05) is 11.9 Å². The van der Waals surface area contributed by atoms with Crippen molar-refractivity contribution >= 4 is 21.7 Å². The Kier molecular flexibility index (Phi) is 4.71. The van der Waals surface area contributed by atoms with E-state index < -0.39 is 0 Å². The quantitative estimate of drug-likeness (QED) is 0.792. The van der Waals surface area contributed by atoms with Gasteiger partial charge in [-0.25, -0.2) is 9.97 Å². The van der Waals surface area contributed by atoms with Crippen LogP contribution in [-0.4, -0.2) is 23.1 Å². The lowest BCUT2D eigenvalue weighted by atomic mass is 10.2. The molecule has 90 valence electrons. The first kappa shape index (κ1) is 13.4. The molecule has 0 radical (unpaired) electrons. The lowest BCUT2D eigenvalue weighted by Gasteiger charge is -2.25. The van der Waals surface area contributed by atoms with Gasteiger partial charge in [0.1, 0.15) is 16.2 Å². The van der Waals surface area contributed by atoms with Crippen molar-refractivity contribution in [3.05, 3.63) is 16.5 Å². The molecule has 0 amide bonds. The number of halogens is 1. The van der Waals surface area contributed by atoms with Gasteiger partial charge in [0.05, 0.1) is 0 Å². The number of hydrogen-bond acceptors (Lipinski definition) is 3. The summed E-state index contributed by atoms with van der Waals surface area (Å²) in [5.74, 6) is 2.22. The Morgan fingerprint density at radius 2 is 1.94 bits per heavy atom. The minimum atomic E-state index is 0.349. The van der Waals surface area contributed by atoms with Crippen molar-refractivity contribution in [1.29, 1.82) is 0 Å². The highest BCUT2D eigenvalue weighted by atomic mass is 79.9. The molecular formula is C12H20BrN3. The van der Waals surface area contributed by atoms with Gasteiger partial charge in [0, 0.05) is 25.1 Å². The molecule has 0 aromatic carbocycles. The van der Waals surface area contributed by atoms with Gasteiger partial charge in [0.25, 0.3) is 0 Å². The van der Waals surface area contributed by atoms with Crippen molar-refractivity contribution in [1.82, 2.24) is 9.97 Å². The van der Waals surface area contributed by atoms with Gasteiger partial charge < -0.3 is 4.90 Å². The van der Waals surface area contributed by atoms with Crippen LogP contribution >= 0.6 is 15.9 Å². The molecule has 1 aromatic heterocycles. The maximum atomic E-state index is 4.59. The number of rotatable bonds is 4. The fourth-order valence-electron chi connectivity index (χ4n) is 1.36. The van der Waals surface area contributed by atoms with E-state index in [0.717, 1.165) is 22.7 Å². The number of hydrogen-bond donors (Lipinski definition) is 0. The minimum Gasteiger partial charge on any atom is -0.357 e. The molecule has 1 rings (SSSR count). The zero-order valence-corrected chi connectivity index (χ0v) is 12.2. The van der Waals surface area contributed by atoms with E-state index in [4.69, 9.17) is 0 Å². The molecule has 4 heteroatoms. The maximum Gasteiger partial charge on any atom is 0.134 e. The Morgan fingerprint density at radius 3 is 2.44 bits per heavy atom. The molecule has 0 spiro atoms. The van der Waals surface area contributed by atoms with E-state index in [-0.39, 0.29) is 0 Å². The molecular weight excluding hydrogens is 266 g/mol. The Hall–Kier alpha value is -0.640. The molecule has 16 heavy (non-hydrogen) atoms. The Labute approximate surface area is 106 Å². The highest BCUT2D eigenvalue weighted by molar-refractivity contribution is 9.10. The summed E-state index contributed by atoms with van der Waals surface area (Å²) in [6, 6.07) is 2.46. The molecule has 0 aliphatic heterocycles. The number of aromatic nitrogens is 2. The highest BCUT2D eigenvalue weighted by Gasteiger charge is 2.13. The summed E-state index contributed by atoms with van der Waals surface area (Å²) in [5, 5.41) is 0. The van der Waals surface area contributed by atoms with Gasteiger partial charge in [-0.05, 0) is 29.3 Å². The van der Waals surface area contributed by atoms with Crippen LogP contribution in [0.1, 0.15) is 45.9 Å². The molecule has 3 nitrogen and oxygen atoms in total. The molecule has 0 aliphatic carbocycles. The molecule has 0 aliphatic rings. The minimum absolute atomic E-state index is 0.349. The third-order valence-electron chi connectivity index (χ3n) is 2.83. The first-order valence-corrected chi connectivity index (χ1v) is 6.52. The van der Waals surface area contributed by atoms with E-state index in [2.05, 4.69) is 65.5 Å². The van der Waals surface area contributed by atoms with Gasteiger partial charge in [0.2, 0.25) is 0 Å². The van der Waals surface area contributed by atoms with Gasteiger partial charge in [-0.1, -0.05) is 20.8 Å². The molecule has 1 aromatic rings. The first-order chi connectivity index (χ1) is 7.45. The molecule has 0 N–H and O–H groups in total. The summed E-state index contributed by atoms with van der Waals surface area (Å²) in [6.07, 6.45) is 1.11. The first-order valence-electron chi connectivity index (χ1n) is 5.73. The molecule has 1 unspecified atom stereocenters. The predicted octanol–water partition coefficient (Wildman–Crippen LogP) is 3.60. The van der Waals surface area contributed by atoms with Crippen LogP contribution in [0.4, 0.5) is 5.82 Å². The third-order valence-corrected chi connectivity index (χ3v) is 3.23. The van der Waals surface area contributed by atoms with E-state index in [9.17, 15) is 0 Å². The van der Waals surface area contributed by atoms with Crippen LogP contribution in [0.5, 0.6) is 0 Å². The summed E-state index contributed by atoms with van der Waals surface area (Å²) in [6.45, 7) is 8.59. The molecule has 0 saturated heterocycles. The summed E-state index contributed by atoms with van der Waals surface area (Å²) in [4.78, 5) is 11.2. The van der Waals surface area contributed by atoms with Crippen molar-refractivity contribution < 1.29 is 0 Å². The molecule has 0 saturated carbocycles. The van der Waals surface area contributed by atoms with E-state index in [1.807, 2.05) is 6.07 Å². The van der Waals surface area contributed by atoms with E-state index in [1.54, 1.807) is 0 Å². The summed E-state index contributed by atoms with van der Waals surface area (Å²) in [5.41, 5.74) is 0. The molecule has 1 heterocycles. The Bertz CT molecular complexity index is 352. The summed E-state index contributed by atoms with van der Waals surface area (Å²) in [7, 11) is 2.08. The van der Waals surface area contributed by atoms with E-state index >= 15 is 0 Å². The second kappa shape index (κ2) is 5.62. The van der Waals surface area contributed by atoms with Gasteiger partial charge in [0.15, 0.2) is 0 Å². The van der Waals surface area contributed by atoms with Crippen LogP contribution in [-0.2, 0) is 0 Å². The second-order valence-electron chi connectivity index (χ2n) is 4.43. The predicted molar refractivity (Wildman–Crippen MR) is 72.0 cm³/mol. The van der Waals surface area contributed by atoms with Gasteiger partial charge in [-0.2, -0.15) is 0 Å². The Morgan fingerprint density at radius 1 is 1.31 bits per heavy atom. The number of nitrogens with zero attached hydrogens (tertiary/aromatic N) is 3. The topological polar surface area (TPSA) is 29.0 Å². The van der Waals surface area contributed by atoms with Crippen molar-refractivity contribution in [2.45, 2.75) is 46.1 Å². The standard InChI is InChI=1S/C12H20BrN3/c1-6-9(4)16(5)11-7-10(13)14-12(15-11)8(2)3/h7-9H,6H2,1-5H3. The molecule has 0 bridgehead atoms. The summed E-state index contributed by atoms with van der Waals surface area (Å²) >= 11 is 3.44. The SMILES string of the molecule is CCC(C)N(C)c1cc(Br)nc(C(C)C)n1. The zero-order chi connectivity index (χ0) is 12.3. The van der Waals surface area contributed by atoms with Crippen LogP contribution < -0.4 is 4.90 Å². The number of anilines is 1. The average Bonchev–Trinajstić information content (AvgIpc) is 2.26. The lowest BCUT2D eigenvalue weighted by molar-refractivity contribution is 0.649. The van der Waals surface area contributed by atoms with Gasteiger partial charge >= 0.3 is 0 Å². The van der Waals surface area contributed by atoms with Crippen molar-refractivity contribution in [3.8, 4) is 0 Å². The zero-order valence-electron chi connectivity index (χ0n) is 10.7. The normalized spacial score (nSPS) is 12.9. The third kappa shape index (κ3) is 3.17. The van der Waals surface area contributed by atoms with Gasteiger partial charge in [-0.3, -0.25) is 0 Å². The summed E-state index contributed by atoms with van der Waals surface area (Å²) < 4.78 is 0.858. The maximum absolute atomic E-state index is 4.59. The van der Waals surface area contributed by atoms with Crippen LogP contribution in [0, 0.1) is 0 Å². The van der Waals surface area contributed by atoms with Crippen molar-refractivity contribution in [2.24, 2.45) is 0 Å². The second-order valence-corrected chi connectivity index (χ2v) is 5.24. The monoisotopic (exact) mass is 285 g/mol. The Balaban J connectivity index is 3.04. The van der Waals surface area contributed by atoms with E-state index in [1.165, 1.54) is 0 Å². The fraction of sp³-hybridized carbons (Fsp3) is 0.667. The largest absolute Gasteiger partial charge is 0.357 e. The molecule has 1 atom stereocenters.